The number of fused-ring (bicyclic) bond motifs is 2. The van der Waals surface area contributed by atoms with E-state index in [2.05, 4.69) is 30.3 Å². The molecule has 2 aliphatic heterocycles. The molecule has 1 saturated heterocycles. The van der Waals surface area contributed by atoms with E-state index in [1.54, 1.807) is 4.90 Å². The normalized spacial score (nSPS) is 18.1. The molecule has 0 atom stereocenters. The highest BCUT2D eigenvalue weighted by Gasteiger charge is 2.43. The Morgan fingerprint density at radius 1 is 1.18 bits per heavy atom. The van der Waals surface area contributed by atoms with Crippen LogP contribution in [0.4, 0.5) is 0 Å². The largest absolute Gasteiger partial charge is 0.369 e. The number of primary amides is 1. The highest BCUT2D eigenvalue weighted by atomic mass is 32.1. The molecular formula is C21H24N2O4S. The third kappa shape index (κ3) is 3.83. The number of thiophene rings is 1. The number of piperidine rings is 1. The number of rotatable bonds is 5. The Hall–Kier alpha value is -2.22. The molecule has 0 unspecified atom stereocenters. The quantitative estimate of drug-likeness (QED) is 0.835. The second-order valence-corrected chi connectivity index (χ2v) is 8.32. The summed E-state index contributed by atoms with van der Waals surface area (Å²) in [7, 11) is 0. The lowest BCUT2D eigenvalue weighted by Gasteiger charge is -2.43. The maximum Gasteiger partial charge on any atom is 0.248 e. The standard InChI is InChI=1S/C21H24N2O4S/c22-18(24)13-26-14-19(25)23-9-7-21(8-10-23)20-16(6-11-27-21)12-17(28-20)15-4-2-1-3-5-15/h1-5,12H,6-11,13-14H2,(H2,22,24). The van der Waals surface area contributed by atoms with Gasteiger partial charge in [-0.3, -0.25) is 9.59 Å². The van der Waals surface area contributed by atoms with Crippen molar-refractivity contribution in [1.82, 2.24) is 4.90 Å². The molecule has 148 valence electrons. The number of benzene rings is 1. The first-order valence-electron chi connectivity index (χ1n) is 9.54. The summed E-state index contributed by atoms with van der Waals surface area (Å²) >= 11 is 1.82. The molecule has 1 aromatic heterocycles. The molecule has 0 bridgehead atoms. The monoisotopic (exact) mass is 400 g/mol. The van der Waals surface area contributed by atoms with Crippen LogP contribution in [-0.2, 0) is 31.1 Å². The molecule has 2 amide bonds. The van der Waals surface area contributed by atoms with Crippen LogP contribution in [0.3, 0.4) is 0 Å². The van der Waals surface area contributed by atoms with Gasteiger partial charge in [-0.1, -0.05) is 30.3 Å². The van der Waals surface area contributed by atoms with E-state index < -0.39 is 5.91 Å². The third-order valence-electron chi connectivity index (χ3n) is 5.42. The third-order valence-corrected chi connectivity index (χ3v) is 6.84. The molecule has 1 aromatic carbocycles. The maximum atomic E-state index is 12.3. The number of amides is 2. The maximum absolute atomic E-state index is 12.3. The molecule has 2 aromatic rings. The molecule has 0 saturated carbocycles. The fraction of sp³-hybridized carbons (Fsp3) is 0.429. The number of ether oxygens (including phenoxy) is 2. The minimum absolute atomic E-state index is 0.108. The molecule has 6 nitrogen and oxygen atoms in total. The average Bonchev–Trinajstić information content (AvgIpc) is 3.15. The summed E-state index contributed by atoms with van der Waals surface area (Å²) in [5.74, 6) is -0.677. The van der Waals surface area contributed by atoms with Crippen molar-refractivity contribution < 1.29 is 19.1 Å². The number of hydrogen-bond donors (Lipinski definition) is 1. The van der Waals surface area contributed by atoms with Crippen molar-refractivity contribution in [3.8, 4) is 10.4 Å². The van der Waals surface area contributed by atoms with Crippen molar-refractivity contribution in [1.29, 1.82) is 0 Å². The van der Waals surface area contributed by atoms with Crippen LogP contribution in [0, 0.1) is 0 Å². The summed E-state index contributed by atoms with van der Waals surface area (Å²) < 4.78 is 11.4. The molecule has 0 radical (unpaired) electrons. The number of carbonyl (C=O) groups is 2. The van der Waals surface area contributed by atoms with Gasteiger partial charge in [0.25, 0.3) is 0 Å². The Morgan fingerprint density at radius 3 is 2.64 bits per heavy atom. The van der Waals surface area contributed by atoms with Gasteiger partial charge in [0, 0.05) is 22.8 Å². The summed E-state index contributed by atoms with van der Waals surface area (Å²) in [6, 6.07) is 12.7. The molecule has 1 spiro atoms. The number of nitrogens with zero attached hydrogens (tertiary/aromatic N) is 1. The second kappa shape index (κ2) is 8.03. The van der Waals surface area contributed by atoms with Gasteiger partial charge in [0.05, 0.1) is 6.61 Å². The second-order valence-electron chi connectivity index (χ2n) is 7.26. The van der Waals surface area contributed by atoms with Gasteiger partial charge in [0.15, 0.2) is 0 Å². The predicted molar refractivity (Wildman–Crippen MR) is 107 cm³/mol. The predicted octanol–water partition coefficient (Wildman–Crippen LogP) is 2.31. The molecule has 3 heterocycles. The van der Waals surface area contributed by atoms with Gasteiger partial charge in [0.1, 0.15) is 18.8 Å². The first kappa shape index (κ1) is 19.1. The van der Waals surface area contributed by atoms with E-state index in [1.807, 2.05) is 17.4 Å². The Labute approximate surface area is 168 Å². The number of carbonyl (C=O) groups excluding carboxylic acids is 2. The van der Waals surface area contributed by atoms with E-state index in [-0.39, 0.29) is 24.7 Å². The van der Waals surface area contributed by atoms with Gasteiger partial charge in [-0.2, -0.15) is 0 Å². The summed E-state index contributed by atoms with van der Waals surface area (Å²) in [5.41, 5.74) is 7.35. The van der Waals surface area contributed by atoms with Crippen LogP contribution in [-0.4, -0.2) is 49.6 Å². The van der Waals surface area contributed by atoms with Gasteiger partial charge >= 0.3 is 0 Å². The molecule has 28 heavy (non-hydrogen) atoms. The fourth-order valence-corrected chi connectivity index (χ4v) is 5.40. The molecule has 2 aliphatic rings. The topological polar surface area (TPSA) is 81.9 Å². The smallest absolute Gasteiger partial charge is 0.248 e. The average molecular weight is 400 g/mol. The lowest BCUT2D eigenvalue weighted by molar-refractivity contribution is -0.145. The van der Waals surface area contributed by atoms with Crippen LogP contribution in [0.5, 0.6) is 0 Å². The van der Waals surface area contributed by atoms with Gasteiger partial charge in [-0.25, -0.2) is 0 Å². The first-order chi connectivity index (χ1) is 13.6. The molecule has 2 N–H and O–H groups in total. The van der Waals surface area contributed by atoms with Gasteiger partial charge < -0.3 is 20.1 Å². The summed E-state index contributed by atoms with van der Waals surface area (Å²) in [6.07, 6.45) is 2.48. The number of hydrogen-bond acceptors (Lipinski definition) is 5. The minimum Gasteiger partial charge on any atom is -0.369 e. The van der Waals surface area contributed by atoms with Crippen LogP contribution in [0.2, 0.25) is 0 Å². The summed E-state index contributed by atoms with van der Waals surface area (Å²) in [4.78, 5) is 27.4. The van der Waals surface area contributed by atoms with Crippen LogP contribution in [0.25, 0.3) is 10.4 Å². The Kier molecular flexibility index (Phi) is 5.48. The van der Waals surface area contributed by atoms with E-state index in [1.165, 1.54) is 20.9 Å². The van der Waals surface area contributed by atoms with Gasteiger partial charge in [-0.15, -0.1) is 11.3 Å². The minimum atomic E-state index is -0.569. The fourth-order valence-electron chi connectivity index (χ4n) is 3.99. The lowest BCUT2D eigenvalue weighted by Crippen LogP contribution is -2.48. The number of nitrogens with two attached hydrogens (primary N) is 1. The van der Waals surface area contributed by atoms with E-state index in [0.29, 0.717) is 19.7 Å². The molecule has 7 heteroatoms. The highest BCUT2D eigenvalue weighted by Crippen LogP contribution is 2.47. The van der Waals surface area contributed by atoms with E-state index >= 15 is 0 Å². The molecule has 0 aliphatic carbocycles. The first-order valence-corrected chi connectivity index (χ1v) is 10.4. The van der Waals surface area contributed by atoms with Crippen LogP contribution < -0.4 is 5.73 Å². The Balaban J connectivity index is 1.46. The highest BCUT2D eigenvalue weighted by molar-refractivity contribution is 7.15. The summed E-state index contributed by atoms with van der Waals surface area (Å²) in [6.45, 7) is 1.62. The lowest BCUT2D eigenvalue weighted by atomic mass is 9.85. The van der Waals surface area contributed by atoms with E-state index in [0.717, 1.165) is 19.3 Å². The van der Waals surface area contributed by atoms with Crippen molar-refractivity contribution in [3.63, 3.8) is 0 Å². The SMILES string of the molecule is NC(=O)COCC(=O)N1CCC2(CC1)OCCc1cc(-c3ccccc3)sc12. The Morgan fingerprint density at radius 2 is 1.93 bits per heavy atom. The zero-order valence-electron chi connectivity index (χ0n) is 15.7. The van der Waals surface area contributed by atoms with E-state index in [4.69, 9.17) is 15.2 Å². The van der Waals surface area contributed by atoms with Gasteiger partial charge in [-0.05, 0) is 36.5 Å². The molecular weight excluding hydrogens is 376 g/mol. The van der Waals surface area contributed by atoms with Crippen LogP contribution >= 0.6 is 11.3 Å². The van der Waals surface area contributed by atoms with Crippen molar-refractivity contribution in [2.24, 2.45) is 5.73 Å². The number of likely N-dealkylation sites (tertiary alicyclic amines) is 1. The summed E-state index contributed by atoms with van der Waals surface area (Å²) in [5, 5.41) is 0. The molecule has 4 rings (SSSR count). The van der Waals surface area contributed by atoms with Crippen LogP contribution in [0.15, 0.2) is 36.4 Å². The van der Waals surface area contributed by atoms with Gasteiger partial charge in [0.2, 0.25) is 11.8 Å². The van der Waals surface area contributed by atoms with Crippen LogP contribution in [0.1, 0.15) is 23.3 Å². The zero-order chi connectivity index (χ0) is 19.6. The zero-order valence-corrected chi connectivity index (χ0v) is 16.5. The van der Waals surface area contributed by atoms with Crippen molar-refractivity contribution in [3.05, 3.63) is 46.8 Å². The van der Waals surface area contributed by atoms with E-state index in [9.17, 15) is 9.59 Å². The van der Waals surface area contributed by atoms with Crippen molar-refractivity contribution in [2.75, 3.05) is 32.9 Å². The van der Waals surface area contributed by atoms with Crippen molar-refractivity contribution in [2.45, 2.75) is 24.9 Å². The molecule has 1 fully saturated rings. The van der Waals surface area contributed by atoms with Crippen molar-refractivity contribution >= 4 is 23.2 Å². The Bertz CT molecular complexity index is 857.